The van der Waals surface area contributed by atoms with Gasteiger partial charge in [-0.1, -0.05) is 66.4 Å². The smallest absolute Gasteiger partial charge is 0.250 e. The van der Waals surface area contributed by atoms with Gasteiger partial charge in [0, 0.05) is 5.56 Å². The Bertz CT molecular complexity index is 1060. The number of nitrogens with zero attached hydrogens (tertiary/aromatic N) is 2. The maximum absolute atomic E-state index is 12.0. The molecule has 5 nitrogen and oxygen atoms in total. The van der Waals surface area contributed by atoms with Crippen molar-refractivity contribution in [1.29, 1.82) is 0 Å². The van der Waals surface area contributed by atoms with Gasteiger partial charge < -0.3 is 4.98 Å². The van der Waals surface area contributed by atoms with Crippen molar-refractivity contribution in [2.45, 2.75) is 5.16 Å². The summed E-state index contributed by atoms with van der Waals surface area (Å²) in [6, 6.07) is 21.9. The second-order valence-corrected chi connectivity index (χ2v) is 6.67. The molecule has 0 unspecified atom stereocenters. The van der Waals surface area contributed by atoms with Gasteiger partial charge in [-0.05, 0) is 22.9 Å². The van der Waals surface area contributed by atoms with Crippen molar-refractivity contribution >= 4 is 45.7 Å². The Morgan fingerprint density at radius 1 is 1.08 bits per heavy atom. The number of thioether (sulfide) groups is 1. The minimum absolute atomic E-state index is 0.174. The van der Waals surface area contributed by atoms with Crippen LogP contribution in [0.4, 0.5) is 0 Å². The Hall–Kier alpha value is -3.12. The highest BCUT2D eigenvalue weighted by atomic mass is 32.2. The van der Waals surface area contributed by atoms with Crippen LogP contribution in [0.2, 0.25) is 0 Å². The van der Waals surface area contributed by atoms with Crippen LogP contribution in [0.25, 0.3) is 21.8 Å². The molecule has 6 heteroatoms. The third-order valence-electron chi connectivity index (χ3n) is 3.92. The van der Waals surface area contributed by atoms with Crippen LogP contribution in [0.5, 0.6) is 0 Å². The van der Waals surface area contributed by atoms with E-state index < -0.39 is 0 Å². The zero-order chi connectivity index (χ0) is 17.8. The second kappa shape index (κ2) is 7.41. The van der Waals surface area contributed by atoms with Crippen LogP contribution in [-0.2, 0) is 4.79 Å². The molecule has 0 radical (unpaired) electrons. The number of nitrogens with one attached hydrogen (secondary N) is 2. The van der Waals surface area contributed by atoms with Gasteiger partial charge in [-0.3, -0.25) is 4.79 Å². The highest BCUT2D eigenvalue weighted by Gasteiger charge is 2.06. The summed E-state index contributed by atoms with van der Waals surface area (Å²) in [6.07, 6.45) is 1.67. The molecule has 0 bridgehead atoms. The van der Waals surface area contributed by atoms with Gasteiger partial charge in [0.15, 0.2) is 5.16 Å². The van der Waals surface area contributed by atoms with Crippen molar-refractivity contribution in [3.63, 3.8) is 0 Å². The molecule has 0 saturated carbocycles. The molecule has 128 valence electrons. The largest absolute Gasteiger partial charge is 0.333 e. The van der Waals surface area contributed by atoms with Crippen molar-refractivity contribution in [2.75, 3.05) is 5.75 Å². The number of imidazole rings is 1. The van der Waals surface area contributed by atoms with E-state index >= 15 is 0 Å². The van der Waals surface area contributed by atoms with Crippen molar-refractivity contribution in [3.8, 4) is 0 Å². The van der Waals surface area contributed by atoms with Crippen LogP contribution >= 0.6 is 11.8 Å². The Balaban J connectivity index is 1.36. The maximum atomic E-state index is 12.0. The van der Waals surface area contributed by atoms with Crippen LogP contribution < -0.4 is 5.43 Å². The molecule has 0 aliphatic heterocycles. The first-order valence-electron chi connectivity index (χ1n) is 8.17. The summed E-state index contributed by atoms with van der Waals surface area (Å²) in [5, 5.41) is 7.04. The molecule has 0 aliphatic carbocycles. The third kappa shape index (κ3) is 3.60. The summed E-state index contributed by atoms with van der Waals surface area (Å²) in [7, 11) is 0. The van der Waals surface area contributed by atoms with Crippen molar-refractivity contribution in [3.05, 3.63) is 72.3 Å². The Morgan fingerprint density at radius 3 is 2.81 bits per heavy atom. The van der Waals surface area contributed by atoms with E-state index in [1.165, 1.54) is 11.8 Å². The monoisotopic (exact) mass is 360 g/mol. The van der Waals surface area contributed by atoms with E-state index in [1.807, 2.05) is 54.6 Å². The summed E-state index contributed by atoms with van der Waals surface area (Å²) in [6.45, 7) is 0. The molecule has 4 aromatic rings. The SMILES string of the molecule is O=C(CSc1nc2ccccc2[nH]1)N/N=C\c1cccc2ccccc12. The van der Waals surface area contributed by atoms with Gasteiger partial charge in [-0.25, -0.2) is 10.4 Å². The second-order valence-electron chi connectivity index (χ2n) is 5.71. The minimum Gasteiger partial charge on any atom is -0.333 e. The van der Waals surface area contributed by atoms with Crippen LogP contribution in [0.1, 0.15) is 5.56 Å². The van der Waals surface area contributed by atoms with Crippen LogP contribution in [0.3, 0.4) is 0 Å². The summed E-state index contributed by atoms with van der Waals surface area (Å²) in [5.74, 6) is 0.0686. The number of benzene rings is 3. The molecule has 1 aromatic heterocycles. The van der Waals surface area contributed by atoms with E-state index in [1.54, 1.807) is 6.21 Å². The number of fused-ring (bicyclic) bond motifs is 2. The summed E-state index contributed by atoms with van der Waals surface area (Å²) >= 11 is 1.35. The zero-order valence-electron chi connectivity index (χ0n) is 13.8. The molecular weight excluding hydrogens is 344 g/mol. The number of rotatable bonds is 5. The number of aromatic nitrogens is 2. The molecule has 0 atom stereocenters. The Kier molecular flexibility index (Phi) is 4.66. The predicted molar refractivity (Wildman–Crippen MR) is 107 cm³/mol. The van der Waals surface area contributed by atoms with E-state index in [-0.39, 0.29) is 11.7 Å². The number of para-hydroxylation sites is 2. The van der Waals surface area contributed by atoms with E-state index in [0.717, 1.165) is 32.5 Å². The number of aromatic amines is 1. The van der Waals surface area contributed by atoms with Crippen molar-refractivity contribution in [1.82, 2.24) is 15.4 Å². The Labute approximate surface area is 154 Å². The lowest BCUT2D eigenvalue weighted by Crippen LogP contribution is -2.19. The first-order chi connectivity index (χ1) is 12.8. The molecule has 4 rings (SSSR count). The summed E-state index contributed by atoms with van der Waals surface area (Å²) in [5.41, 5.74) is 5.39. The third-order valence-corrected chi connectivity index (χ3v) is 4.80. The molecule has 3 aromatic carbocycles. The van der Waals surface area contributed by atoms with Gasteiger partial charge in [0.25, 0.3) is 5.91 Å². The standard InChI is InChI=1S/C20H16N4OS/c25-19(13-26-20-22-17-10-3-4-11-18(17)23-20)24-21-12-15-8-5-7-14-6-1-2-9-16(14)15/h1-12H,13H2,(H,22,23)(H,24,25)/b21-12-. The van der Waals surface area contributed by atoms with Gasteiger partial charge >= 0.3 is 0 Å². The van der Waals surface area contributed by atoms with Gasteiger partial charge in [-0.2, -0.15) is 5.10 Å². The van der Waals surface area contributed by atoms with Gasteiger partial charge in [0.05, 0.1) is 23.0 Å². The van der Waals surface area contributed by atoms with Gasteiger partial charge in [0.2, 0.25) is 0 Å². The van der Waals surface area contributed by atoms with Crippen molar-refractivity contribution in [2.24, 2.45) is 5.10 Å². The average molecular weight is 360 g/mol. The lowest BCUT2D eigenvalue weighted by Gasteiger charge is -2.01. The molecule has 0 spiro atoms. The molecule has 26 heavy (non-hydrogen) atoms. The average Bonchev–Trinajstić information content (AvgIpc) is 3.10. The lowest BCUT2D eigenvalue weighted by molar-refractivity contribution is -0.118. The molecule has 0 saturated heterocycles. The molecule has 1 amide bonds. The highest BCUT2D eigenvalue weighted by molar-refractivity contribution is 7.99. The molecule has 0 fully saturated rings. The molecule has 0 aliphatic rings. The fraction of sp³-hybridized carbons (Fsp3) is 0.0500. The number of carbonyl (C=O) groups excluding carboxylic acids is 1. The topological polar surface area (TPSA) is 70.1 Å². The van der Waals surface area contributed by atoms with Crippen molar-refractivity contribution < 1.29 is 4.79 Å². The summed E-state index contributed by atoms with van der Waals surface area (Å²) < 4.78 is 0. The number of hydrogen-bond acceptors (Lipinski definition) is 4. The van der Waals surface area contributed by atoms with Gasteiger partial charge in [0.1, 0.15) is 0 Å². The molecule has 2 N–H and O–H groups in total. The lowest BCUT2D eigenvalue weighted by atomic mass is 10.1. The van der Waals surface area contributed by atoms with Crippen LogP contribution in [0, 0.1) is 0 Å². The molecular formula is C20H16N4OS. The van der Waals surface area contributed by atoms with E-state index in [4.69, 9.17) is 0 Å². The number of amides is 1. The highest BCUT2D eigenvalue weighted by Crippen LogP contribution is 2.19. The summed E-state index contributed by atoms with van der Waals surface area (Å²) in [4.78, 5) is 19.6. The first kappa shape index (κ1) is 16.4. The number of hydrogen-bond donors (Lipinski definition) is 2. The fourth-order valence-electron chi connectivity index (χ4n) is 2.70. The first-order valence-corrected chi connectivity index (χ1v) is 9.15. The number of hydrazone groups is 1. The quantitative estimate of drug-likeness (QED) is 0.321. The molecule has 1 heterocycles. The predicted octanol–water partition coefficient (Wildman–Crippen LogP) is 3.96. The number of carbonyl (C=O) groups is 1. The maximum Gasteiger partial charge on any atom is 0.250 e. The van der Waals surface area contributed by atoms with Crippen LogP contribution in [-0.4, -0.2) is 27.8 Å². The van der Waals surface area contributed by atoms with E-state index in [2.05, 4.69) is 32.6 Å². The van der Waals surface area contributed by atoms with Gasteiger partial charge in [-0.15, -0.1) is 0 Å². The van der Waals surface area contributed by atoms with E-state index in [9.17, 15) is 4.79 Å². The normalized spacial score (nSPS) is 11.4. The van der Waals surface area contributed by atoms with E-state index in [0.29, 0.717) is 0 Å². The fourth-order valence-corrected chi connectivity index (χ4v) is 3.38. The van der Waals surface area contributed by atoms with Crippen LogP contribution in [0.15, 0.2) is 77.0 Å². The Morgan fingerprint density at radius 2 is 1.88 bits per heavy atom. The number of H-pyrrole nitrogens is 1. The minimum atomic E-state index is -0.174. The zero-order valence-corrected chi connectivity index (χ0v) is 14.7.